The van der Waals surface area contributed by atoms with Crippen LogP contribution in [0.25, 0.3) is 15.9 Å². The van der Waals surface area contributed by atoms with Gasteiger partial charge in [-0.3, -0.25) is 19.0 Å². The minimum Gasteiger partial charge on any atom is -0.352 e. The fraction of sp³-hybridized carbons (Fsp3) is 0.103. The Morgan fingerprint density at radius 1 is 0.821 bits per heavy atom. The zero-order valence-corrected chi connectivity index (χ0v) is 21.4. The van der Waals surface area contributed by atoms with Crippen LogP contribution in [0.4, 0.5) is 10.1 Å². The first-order valence-corrected chi connectivity index (χ1v) is 13.0. The molecule has 2 heterocycles. The monoisotopic (exact) mass is 542 g/mol. The molecule has 2 amide bonds. The van der Waals surface area contributed by atoms with Crippen LogP contribution in [0.3, 0.4) is 0 Å². The SMILES string of the molecule is O=C(Cc1ccc(-n2c(=O)c3sccc3n(CC(=O)Nc3ccccc3F)c2=O)cc1)NCc1ccccc1. The summed E-state index contributed by atoms with van der Waals surface area (Å²) in [6.07, 6.45) is 0.131. The van der Waals surface area contributed by atoms with Crippen LogP contribution in [0.2, 0.25) is 0 Å². The number of anilines is 1. The summed E-state index contributed by atoms with van der Waals surface area (Å²) in [7, 11) is 0. The number of benzene rings is 3. The molecule has 0 fully saturated rings. The van der Waals surface area contributed by atoms with Gasteiger partial charge in [0.15, 0.2) is 0 Å². The van der Waals surface area contributed by atoms with Gasteiger partial charge in [0.05, 0.1) is 23.3 Å². The van der Waals surface area contributed by atoms with Gasteiger partial charge in [-0.15, -0.1) is 11.3 Å². The Kier molecular flexibility index (Phi) is 7.46. The number of thiophene rings is 1. The van der Waals surface area contributed by atoms with Gasteiger partial charge >= 0.3 is 5.69 Å². The van der Waals surface area contributed by atoms with Crippen molar-refractivity contribution in [3.63, 3.8) is 0 Å². The third-order valence-electron chi connectivity index (χ3n) is 6.10. The first-order valence-electron chi connectivity index (χ1n) is 12.1. The molecule has 3 aromatic carbocycles. The Morgan fingerprint density at radius 2 is 1.54 bits per heavy atom. The van der Waals surface area contributed by atoms with Crippen molar-refractivity contribution in [1.82, 2.24) is 14.5 Å². The number of halogens is 1. The van der Waals surface area contributed by atoms with E-state index in [4.69, 9.17) is 0 Å². The Hall–Kier alpha value is -4.83. The number of carbonyl (C=O) groups is 2. The molecular weight excluding hydrogens is 519 g/mol. The van der Waals surface area contributed by atoms with Crippen molar-refractivity contribution in [2.45, 2.75) is 19.5 Å². The second-order valence-electron chi connectivity index (χ2n) is 8.78. The van der Waals surface area contributed by atoms with E-state index in [0.29, 0.717) is 28.0 Å². The number of hydrogen-bond acceptors (Lipinski definition) is 5. The molecule has 0 radical (unpaired) electrons. The number of nitrogens with zero attached hydrogens (tertiary/aromatic N) is 2. The zero-order chi connectivity index (χ0) is 27.4. The lowest BCUT2D eigenvalue weighted by atomic mass is 10.1. The maximum atomic E-state index is 14.0. The smallest absolute Gasteiger partial charge is 0.336 e. The van der Waals surface area contributed by atoms with Crippen molar-refractivity contribution in [3.05, 3.63) is 128 Å². The average Bonchev–Trinajstić information content (AvgIpc) is 3.43. The molecule has 0 aliphatic rings. The van der Waals surface area contributed by atoms with E-state index in [1.807, 2.05) is 30.3 Å². The van der Waals surface area contributed by atoms with Crippen LogP contribution in [0, 0.1) is 5.82 Å². The number of amides is 2. The topological polar surface area (TPSA) is 102 Å². The number of carbonyl (C=O) groups excluding carboxylic acids is 2. The van der Waals surface area contributed by atoms with E-state index in [-0.39, 0.29) is 18.0 Å². The van der Waals surface area contributed by atoms with Crippen molar-refractivity contribution in [2.75, 3.05) is 5.32 Å². The minimum atomic E-state index is -0.706. The first kappa shape index (κ1) is 25.8. The summed E-state index contributed by atoms with van der Waals surface area (Å²) in [5.74, 6) is -1.37. The van der Waals surface area contributed by atoms with Gasteiger partial charge in [0, 0.05) is 6.54 Å². The first-order chi connectivity index (χ1) is 18.9. The Labute approximate surface area is 226 Å². The minimum absolute atomic E-state index is 0.00572. The quantitative estimate of drug-likeness (QED) is 0.311. The molecule has 8 nitrogen and oxygen atoms in total. The normalized spacial score (nSPS) is 10.9. The molecule has 0 bridgehead atoms. The second-order valence-corrected chi connectivity index (χ2v) is 9.69. The van der Waals surface area contributed by atoms with Crippen LogP contribution in [-0.4, -0.2) is 20.9 Å². The van der Waals surface area contributed by atoms with E-state index < -0.39 is 29.5 Å². The average molecular weight is 543 g/mol. The van der Waals surface area contributed by atoms with Gasteiger partial charge in [0.1, 0.15) is 17.1 Å². The van der Waals surface area contributed by atoms with Gasteiger partial charge in [-0.1, -0.05) is 54.6 Å². The van der Waals surface area contributed by atoms with Crippen molar-refractivity contribution in [3.8, 4) is 5.69 Å². The van der Waals surface area contributed by atoms with E-state index in [1.54, 1.807) is 41.8 Å². The highest BCUT2D eigenvalue weighted by Gasteiger charge is 2.18. The van der Waals surface area contributed by atoms with Crippen molar-refractivity contribution < 1.29 is 14.0 Å². The van der Waals surface area contributed by atoms with Gasteiger partial charge in [0.2, 0.25) is 11.8 Å². The van der Waals surface area contributed by atoms with Crippen molar-refractivity contribution >= 4 is 39.1 Å². The summed E-state index contributed by atoms with van der Waals surface area (Å²) in [6.45, 7) is -0.00163. The van der Waals surface area contributed by atoms with Gasteiger partial charge in [-0.2, -0.15) is 0 Å². The highest BCUT2D eigenvalue weighted by atomic mass is 32.1. The predicted molar refractivity (Wildman–Crippen MR) is 149 cm³/mol. The number of para-hydroxylation sites is 1. The van der Waals surface area contributed by atoms with E-state index in [1.165, 1.54) is 22.8 Å². The summed E-state index contributed by atoms with van der Waals surface area (Å²) < 4.78 is 16.5. The molecule has 0 saturated heterocycles. The third kappa shape index (κ3) is 5.70. The molecule has 5 rings (SSSR count). The molecule has 39 heavy (non-hydrogen) atoms. The van der Waals surface area contributed by atoms with Crippen molar-refractivity contribution in [2.24, 2.45) is 0 Å². The maximum Gasteiger partial charge on any atom is 0.336 e. The van der Waals surface area contributed by atoms with E-state index >= 15 is 0 Å². The summed E-state index contributed by atoms with van der Waals surface area (Å²) in [5.41, 5.74) is 1.10. The molecule has 5 aromatic rings. The lowest BCUT2D eigenvalue weighted by Gasteiger charge is -2.13. The number of aromatic nitrogens is 2. The molecule has 2 N–H and O–H groups in total. The zero-order valence-electron chi connectivity index (χ0n) is 20.6. The molecule has 0 atom stereocenters. The lowest BCUT2D eigenvalue weighted by molar-refractivity contribution is -0.120. The van der Waals surface area contributed by atoms with Gasteiger partial charge in [0.25, 0.3) is 5.56 Å². The molecule has 196 valence electrons. The van der Waals surface area contributed by atoms with E-state index in [9.17, 15) is 23.6 Å². The highest BCUT2D eigenvalue weighted by molar-refractivity contribution is 7.17. The third-order valence-corrected chi connectivity index (χ3v) is 6.99. The highest BCUT2D eigenvalue weighted by Crippen LogP contribution is 2.18. The van der Waals surface area contributed by atoms with Gasteiger partial charge in [-0.05, 0) is 46.8 Å². The van der Waals surface area contributed by atoms with Crippen molar-refractivity contribution in [1.29, 1.82) is 0 Å². The maximum absolute atomic E-state index is 14.0. The second kappa shape index (κ2) is 11.3. The molecule has 0 aliphatic heterocycles. The number of rotatable bonds is 8. The molecule has 10 heteroatoms. The number of hydrogen-bond donors (Lipinski definition) is 2. The van der Waals surface area contributed by atoms with E-state index in [0.717, 1.165) is 21.5 Å². The van der Waals surface area contributed by atoms with Crippen LogP contribution < -0.4 is 21.9 Å². The van der Waals surface area contributed by atoms with Crippen LogP contribution in [0.15, 0.2) is 99.9 Å². The van der Waals surface area contributed by atoms with Crippen LogP contribution >= 0.6 is 11.3 Å². The summed E-state index contributed by atoms with van der Waals surface area (Å²) in [5, 5.41) is 7.00. The molecular formula is C29H23FN4O4S. The largest absolute Gasteiger partial charge is 0.352 e. The van der Waals surface area contributed by atoms with Crippen LogP contribution in [-0.2, 0) is 29.1 Å². The fourth-order valence-electron chi connectivity index (χ4n) is 4.17. The van der Waals surface area contributed by atoms with Crippen LogP contribution in [0.5, 0.6) is 0 Å². The lowest BCUT2D eigenvalue weighted by Crippen LogP contribution is -2.40. The molecule has 0 aliphatic carbocycles. The molecule has 2 aromatic heterocycles. The summed E-state index contributed by atoms with van der Waals surface area (Å²) >= 11 is 1.16. The predicted octanol–water partition coefficient (Wildman–Crippen LogP) is 3.85. The van der Waals surface area contributed by atoms with Gasteiger partial charge in [-0.25, -0.2) is 13.8 Å². The molecule has 0 spiro atoms. The molecule has 0 unspecified atom stereocenters. The Bertz CT molecular complexity index is 1780. The summed E-state index contributed by atoms with van der Waals surface area (Å²) in [6, 6.07) is 23.4. The Balaban J connectivity index is 1.38. The fourth-order valence-corrected chi connectivity index (χ4v) is 5.00. The summed E-state index contributed by atoms with van der Waals surface area (Å²) in [4.78, 5) is 51.8. The number of fused-ring (bicyclic) bond motifs is 1. The van der Waals surface area contributed by atoms with Gasteiger partial charge < -0.3 is 10.6 Å². The molecule has 0 saturated carbocycles. The van der Waals surface area contributed by atoms with Crippen LogP contribution in [0.1, 0.15) is 11.1 Å². The number of nitrogens with one attached hydrogen (secondary N) is 2. The Morgan fingerprint density at radius 3 is 2.28 bits per heavy atom. The standard InChI is InChI=1S/C29H23FN4O4S/c30-22-8-4-5-9-23(22)32-26(36)18-33-24-14-15-39-27(24)28(37)34(29(33)38)21-12-10-19(11-13-21)16-25(35)31-17-20-6-2-1-3-7-20/h1-15H,16-18H2,(H,31,35)(H,32,36). The van der Waals surface area contributed by atoms with E-state index in [2.05, 4.69) is 10.6 Å².